The summed E-state index contributed by atoms with van der Waals surface area (Å²) in [7, 11) is 0. The Morgan fingerprint density at radius 1 is 1.25 bits per heavy atom. The zero-order chi connectivity index (χ0) is 12.4. The summed E-state index contributed by atoms with van der Waals surface area (Å²) >= 11 is 0. The van der Waals surface area contributed by atoms with Gasteiger partial charge in [0.25, 0.3) is 0 Å². The van der Waals surface area contributed by atoms with Gasteiger partial charge >= 0.3 is 0 Å². The van der Waals surface area contributed by atoms with Gasteiger partial charge in [0.2, 0.25) is 12.3 Å². The number of amides is 2. The fourth-order valence-corrected chi connectivity index (χ4v) is 0.931. The zero-order valence-corrected chi connectivity index (χ0v) is 9.16. The molecule has 0 saturated carbocycles. The first kappa shape index (κ1) is 13.9. The van der Waals surface area contributed by atoms with Gasteiger partial charge < -0.3 is 10.6 Å². The number of carbonyl (C=O) groups excluding carboxylic acids is 2. The molecule has 0 bridgehead atoms. The van der Waals surface area contributed by atoms with Crippen molar-refractivity contribution in [1.29, 1.82) is 0 Å². The van der Waals surface area contributed by atoms with Gasteiger partial charge in [-0.15, -0.1) is 0 Å². The van der Waals surface area contributed by atoms with E-state index < -0.39 is 0 Å². The smallest absolute Gasteiger partial charge is 0.224 e. The molecule has 0 heterocycles. The van der Waals surface area contributed by atoms with Crippen LogP contribution < -0.4 is 10.6 Å². The minimum atomic E-state index is -0.165. The van der Waals surface area contributed by atoms with E-state index in [1.54, 1.807) is 12.2 Å². The van der Waals surface area contributed by atoms with Gasteiger partial charge in [0.15, 0.2) is 0 Å². The number of allylic oxidation sites excluding steroid dienone is 4. The van der Waals surface area contributed by atoms with Crippen LogP contribution in [0, 0.1) is 0 Å². The SMILES string of the molecule is C=C/C=C(\C=C)NC(=O)CCC(=C)NC=O. The summed E-state index contributed by atoms with van der Waals surface area (Å²) in [4.78, 5) is 21.5. The third-order valence-electron chi connectivity index (χ3n) is 1.72. The fourth-order valence-electron chi connectivity index (χ4n) is 0.931. The highest BCUT2D eigenvalue weighted by Crippen LogP contribution is 1.99. The minimum Gasteiger partial charge on any atom is -0.333 e. The Kier molecular flexibility index (Phi) is 7.15. The summed E-state index contributed by atoms with van der Waals surface area (Å²) in [5, 5.41) is 5.03. The van der Waals surface area contributed by atoms with Gasteiger partial charge in [-0.2, -0.15) is 0 Å². The number of rotatable bonds is 8. The predicted octanol–water partition coefficient (Wildman–Crippen LogP) is 1.40. The van der Waals surface area contributed by atoms with Gasteiger partial charge in [-0.3, -0.25) is 9.59 Å². The molecule has 0 fully saturated rings. The van der Waals surface area contributed by atoms with Gasteiger partial charge in [-0.1, -0.05) is 25.8 Å². The third-order valence-corrected chi connectivity index (χ3v) is 1.72. The van der Waals surface area contributed by atoms with Gasteiger partial charge in [0.1, 0.15) is 0 Å². The molecule has 0 aromatic rings. The third kappa shape index (κ3) is 6.37. The molecule has 0 aromatic carbocycles. The Hall–Kier alpha value is -2.10. The molecule has 0 aliphatic heterocycles. The first-order chi connectivity index (χ1) is 7.63. The lowest BCUT2D eigenvalue weighted by Gasteiger charge is -2.06. The van der Waals surface area contributed by atoms with Crippen molar-refractivity contribution in [3.63, 3.8) is 0 Å². The summed E-state index contributed by atoms with van der Waals surface area (Å²) in [6, 6.07) is 0. The monoisotopic (exact) mass is 220 g/mol. The van der Waals surface area contributed by atoms with Gasteiger partial charge in [0, 0.05) is 17.8 Å². The molecular formula is C12H16N2O2. The van der Waals surface area contributed by atoms with E-state index in [2.05, 4.69) is 30.4 Å². The van der Waals surface area contributed by atoms with E-state index in [4.69, 9.17) is 0 Å². The number of hydrogen-bond donors (Lipinski definition) is 2. The molecule has 4 nitrogen and oxygen atoms in total. The molecule has 2 amide bonds. The summed E-state index contributed by atoms with van der Waals surface area (Å²) in [6.45, 7) is 10.6. The maximum absolute atomic E-state index is 11.4. The lowest BCUT2D eigenvalue weighted by molar-refractivity contribution is -0.120. The Morgan fingerprint density at radius 2 is 1.94 bits per heavy atom. The second kappa shape index (κ2) is 8.23. The molecule has 16 heavy (non-hydrogen) atoms. The van der Waals surface area contributed by atoms with Crippen molar-refractivity contribution in [3.8, 4) is 0 Å². The molecule has 0 unspecified atom stereocenters. The molecule has 0 aromatic heterocycles. The summed E-state index contributed by atoms with van der Waals surface area (Å²) < 4.78 is 0. The van der Waals surface area contributed by atoms with E-state index in [9.17, 15) is 9.59 Å². The van der Waals surface area contributed by atoms with Crippen LogP contribution in [-0.4, -0.2) is 12.3 Å². The lowest BCUT2D eigenvalue weighted by Crippen LogP contribution is -2.22. The van der Waals surface area contributed by atoms with Crippen LogP contribution in [0.5, 0.6) is 0 Å². The van der Waals surface area contributed by atoms with Crippen LogP contribution in [-0.2, 0) is 9.59 Å². The Morgan fingerprint density at radius 3 is 2.44 bits per heavy atom. The fraction of sp³-hybridized carbons (Fsp3) is 0.167. The summed E-state index contributed by atoms with van der Waals surface area (Å²) in [5.41, 5.74) is 1.10. The van der Waals surface area contributed by atoms with E-state index in [1.165, 1.54) is 6.08 Å². The minimum absolute atomic E-state index is 0.165. The molecule has 4 heteroatoms. The highest BCUT2D eigenvalue weighted by molar-refractivity contribution is 5.78. The van der Waals surface area contributed by atoms with Crippen molar-refractivity contribution in [2.24, 2.45) is 0 Å². The topological polar surface area (TPSA) is 58.2 Å². The van der Waals surface area contributed by atoms with Crippen LogP contribution >= 0.6 is 0 Å². The Bertz CT molecular complexity index is 330. The summed E-state index contributed by atoms with van der Waals surface area (Å²) in [6.07, 6.45) is 5.92. The zero-order valence-electron chi connectivity index (χ0n) is 9.16. The second-order valence-corrected chi connectivity index (χ2v) is 2.98. The average Bonchev–Trinajstić information content (AvgIpc) is 2.26. The Balaban J connectivity index is 4.03. The molecule has 0 aliphatic rings. The van der Waals surface area contributed by atoms with Crippen molar-refractivity contribution < 1.29 is 9.59 Å². The largest absolute Gasteiger partial charge is 0.333 e. The highest BCUT2D eigenvalue weighted by atomic mass is 16.1. The molecule has 2 N–H and O–H groups in total. The quantitative estimate of drug-likeness (QED) is 0.480. The molecule has 86 valence electrons. The molecule has 0 aliphatic carbocycles. The van der Waals surface area contributed by atoms with E-state index in [0.29, 0.717) is 24.2 Å². The van der Waals surface area contributed by atoms with Crippen LogP contribution in [0.25, 0.3) is 0 Å². The summed E-state index contributed by atoms with van der Waals surface area (Å²) in [5.74, 6) is -0.165. The highest BCUT2D eigenvalue weighted by Gasteiger charge is 2.03. The van der Waals surface area contributed by atoms with E-state index >= 15 is 0 Å². The van der Waals surface area contributed by atoms with Crippen molar-refractivity contribution in [2.75, 3.05) is 0 Å². The van der Waals surface area contributed by atoms with E-state index in [1.807, 2.05) is 0 Å². The predicted molar refractivity (Wildman–Crippen MR) is 64.2 cm³/mol. The van der Waals surface area contributed by atoms with Gasteiger partial charge in [0.05, 0.1) is 0 Å². The maximum atomic E-state index is 11.4. The van der Waals surface area contributed by atoms with E-state index in [0.717, 1.165) is 0 Å². The number of carbonyl (C=O) groups is 2. The molecular weight excluding hydrogens is 204 g/mol. The van der Waals surface area contributed by atoms with Crippen molar-refractivity contribution >= 4 is 12.3 Å². The standard InChI is InChI=1S/C12H16N2O2/c1-4-6-11(5-2)14-12(16)8-7-10(3)13-9-15/h4-6,9H,1-3,7-8H2,(H,13,15)(H,14,16)/b11-6+. The molecule has 0 rings (SSSR count). The van der Waals surface area contributed by atoms with Gasteiger partial charge in [-0.25, -0.2) is 0 Å². The van der Waals surface area contributed by atoms with Crippen LogP contribution in [0.2, 0.25) is 0 Å². The van der Waals surface area contributed by atoms with E-state index in [-0.39, 0.29) is 12.3 Å². The first-order valence-electron chi connectivity index (χ1n) is 4.77. The molecule has 0 saturated heterocycles. The maximum Gasteiger partial charge on any atom is 0.224 e. The van der Waals surface area contributed by atoms with Crippen molar-refractivity contribution in [1.82, 2.24) is 10.6 Å². The van der Waals surface area contributed by atoms with Crippen molar-refractivity contribution in [2.45, 2.75) is 12.8 Å². The average molecular weight is 220 g/mol. The molecule has 0 spiro atoms. The van der Waals surface area contributed by atoms with Crippen LogP contribution in [0.4, 0.5) is 0 Å². The van der Waals surface area contributed by atoms with Crippen molar-refractivity contribution in [3.05, 3.63) is 49.4 Å². The lowest BCUT2D eigenvalue weighted by atomic mass is 10.2. The molecule has 0 atom stereocenters. The van der Waals surface area contributed by atoms with Crippen LogP contribution in [0.1, 0.15) is 12.8 Å². The first-order valence-corrected chi connectivity index (χ1v) is 4.77. The van der Waals surface area contributed by atoms with Crippen LogP contribution in [0.15, 0.2) is 49.4 Å². The second-order valence-electron chi connectivity index (χ2n) is 2.98. The van der Waals surface area contributed by atoms with Gasteiger partial charge in [-0.05, 0) is 18.6 Å². The van der Waals surface area contributed by atoms with Crippen LogP contribution in [0.3, 0.4) is 0 Å². The normalized spacial score (nSPS) is 10.1. The number of hydrogen-bond acceptors (Lipinski definition) is 2. The Labute approximate surface area is 95.4 Å². The number of nitrogens with one attached hydrogen (secondary N) is 2. The molecule has 0 radical (unpaired) electrons.